The van der Waals surface area contributed by atoms with Gasteiger partial charge in [-0.15, -0.1) is 11.8 Å². The molecule has 2 N–H and O–H groups in total. The fourth-order valence-corrected chi connectivity index (χ4v) is 2.58. The summed E-state index contributed by atoms with van der Waals surface area (Å²) in [5.41, 5.74) is 0.751. The minimum Gasteiger partial charge on any atom is -0.361 e. The molecule has 6 heteroatoms. The largest absolute Gasteiger partial charge is 0.361 e. The second kappa shape index (κ2) is 5.37. The molecule has 1 aromatic rings. The number of carbonyl (C=O) groups is 1. The lowest BCUT2D eigenvalue weighted by atomic mass is 10.3. The van der Waals surface area contributed by atoms with Gasteiger partial charge in [-0.1, -0.05) is 0 Å². The average Bonchev–Trinajstić information content (AvgIpc) is 2.83. The van der Waals surface area contributed by atoms with Crippen molar-refractivity contribution in [3.05, 3.63) is 18.3 Å². The van der Waals surface area contributed by atoms with E-state index in [0.717, 1.165) is 23.1 Å². The van der Waals surface area contributed by atoms with E-state index >= 15 is 0 Å². The number of nitrogens with zero attached hydrogens (tertiary/aromatic N) is 2. The van der Waals surface area contributed by atoms with Crippen LogP contribution in [0.5, 0.6) is 0 Å². The number of pyridine rings is 1. The molecule has 92 valence electrons. The summed E-state index contributed by atoms with van der Waals surface area (Å²) in [7, 11) is 3.81. The fraction of sp³-hybridized carbons (Fsp3) is 0.455. The molecule has 17 heavy (non-hydrogen) atoms. The zero-order chi connectivity index (χ0) is 12.3. The van der Waals surface area contributed by atoms with Crippen molar-refractivity contribution in [3.8, 4) is 0 Å². The maximum atomic E-state index is 12.0. The van der Waals surface area contributed by atoms with Crippen LogP contribution in [0.1, 0.15) is 0 Å². The summed E-state index contributed by atoms with van der Waals surface area (Å²) in [6, 6.07) is 3.58. The van der Waals surface area contributed by atoms with Crippen molar-refractivity contribution in [2.75, 3.05) is 35.9 Å². The maximum absolute atomic E-state index is 12.0. The molecule has 1 saturated heterocycles. The minimum atomic E-state index is -0.102. The second-order valence-corrected chi connectivity index (χ2v) is 5.06. The van der Waals surface area contributed by atoms with Gasteiger partial charge in [-0.05, 0) is 12.1 Å². The molecule has 1 aliphatic rings. The molecule has 0 aliphatic carbocycles. The Labute approximate surface area is 105 Å². The van der Waals surface area contributed by atoms with Gasteiger partial charge in [-0.3, -0.25) is 10.1 Å². The Balaban J connectivity index is 2.09. The molecule has 1 unspecified atom stereocenters. The summed E-state index contributed by atoms with van der Waals surface area (Å²) < 4.78 is 0. The van der Waals surface area contributed by atoms with Crippen molar-refractivity contribution in [3.63, 3.8) is 0 Å². The highest BCUT2D eigenvalue weighted by Crippen LogP contribution is 2.21. The summed E-state index contributed by atoms with van der Waals surface area (Å²) in [6.45, 7) is 0. The Morgan fingerprint density at radius 3 is 3.12 bits per heavy atom. The third kappa shape index (κ3) is 2.89. The van der Waals surface area contributed by atoms with Crippen LogP contribution in [0, 0.1) is 0 Å². The number of nitrogens with one attached hydrogen (secondary N) is 2. The smallest absolute Gasteiger partial charge is 0.242 e. The molecule has 1 atom stereocenters. The van der Waals surface area contributed by atoms with Gasteiger partial charge in [-0.2, -0.15) is 0 Å². The summed E-state index contributed by atoms with van der Waals surface area (Å²) in [4.78, 5) is 18.1. The Morgan fingerprint density at radius 2 is 2.47 bits per heavy atom. The number of rotatable bonds is 3. The highest BCUT2D eigenvalue weighted by molar-refractivity contribution is 7.99. The number of anilines is 2. The van der Waals surface area contributed by atoms with E-state index in [1.807, 2.05) is 31.1 Å². The predicted molar refractivity (Wildman–Crippen MR) is 71.4 cm³/mol. The van der Waals surface area contributed by atoms with E-state index in [-0.39, 0.29) is 11.9 Å². The predicted octanol–water partition coefficient (Wildman–Crippen LogP) is 0.749. The third-order valence-corrected chi connectivity index (χ3v) is 3.44. The molecule has 1 aliphatic heterocycles. The van der Waals surface area contributed by atoms with Crippen LogP contribution in [0.3, 0.4) is 0 Å². The minimum absolute atomic E-state index is 0.00565. The highest BCUT2D eigenvalue weighted by atomic mass is 32.2. The van der Waals surface area contributed by atoms with Gasteiger partial charge in [0.2, 0.25) is 5.91 Å². The lowest BCUT2D eigenvalue weighted by Crippen LogP contribution is -2.37. The number of hydrogen-bond donors (Lipinski definition) is 2. The van der Waals surface area contributed by atoms with Crippen LogP contribution in [-0.2, 0) is 4.79 Å². The quantitative estimate of drug-likeness (QED) is 0.831. The van der Waals surface area contributed by atoms with E-state index in [0.29, 0.717) is 0 Å². The molecule has 5 nitrogen and oxygen atoms in total. The van der Waals surface area contributed by atoms with Crippen LogP contribution >= 0.6 is 11.8 Å². The molecular formula is C11H16N4OS. The number of aromatic nitrogens is 1. The molecule has 1 amide bonds. The Morgan fingerprint density at radius 1 is 1.65 bits per heavy atom. The van der Waals surface area contributed by atoms with Crippen LogP contribution in [0.4, 0.5) is 11.5 Å². The van der Waals surface area contributed by atoms with Gasteiger partial charge in [0.15, 0.2) is 5.82 Å². The van der Waals surface area contributed by atoms with Gasteiger partial charge in [0, 0.05) is 31.9 Å². The van der Waals surface area contributed by atoms with E-state index in [1.165, 1.54) is 0 Å². The number of carbonyl (C=O) groups excluding carboxylic acids is 1. The van der Waals surface area contributed by atoms with Crippen LogP contribution in [0.25, 0.3) is 0 Å². The Bertz CT molecular complexity index is 404. The second-order valence-electron chi connectivity index (χ2n) is 4.03. The summed E-state index contributed by atoms with van der Waals surface area (Å²) in [5, 5.41) is 6.06. The number of thioether (sulfide) groups is 1. The summed E-state index contributed by atoms with van der Waals surface area (Å²) in [6.07, 6.45) is 1.72. The zero-order valence-electron chi connectivity index (χ0n) is 9.93. The van der Waals surface area contributed by atoms with E-state index in [2.05, 4.69) is 15.6 Å². The van der Waals surface area contributed by atoms with Gasteiger partial charge >= 0.3 is 0 Å². The van der Waals surface area contributed by atoms with Crippen molar-refractivity contribution in [1.82, 2.24) is 10.3 Å². The van der Waals surface area contributed by atoms with Crippen LogP contribution in [0.15, 0.2) is 18.3 Å². The zero-order valence-corrected chi connectivity index (χ0v) is 10.8. The summed E-state index contributed by atoms with van der Waals surface area (Å²) in [5.74, 6) is 2.44. The molecule has 2 rings (SSSR count). The molecule has 0 radical (unpaired) electrons. The van der Waals surface area contributed by atoms with Crippen molar-refractivity contribution in [2.24, 2.45) is 0 Å². The molecule has 1 aromatic heterocycles. The maximum Gasteiger partial charge on any atom is 0.242 e. The van der Waals surface area contributed by atoms with E-state index in [4.69, 9.17) is 0 Å². The van der Waals surface area contributed by atoms with Crippen LogP contribution in [-0.4, -0.2) is 42.7 Å². The van der Waals surface area contributed by atoms with Crippen molar-refractivity contribution in [1.29, 1.82) is 0 Å². The molecule has 2 heterocycles. The van der Waals surface area contributed by atoms with Gasteiger partial charge in [0.05, 0.1) is 11.7 Å². The first-order chi connectivity index (χ1) is 8.18. The van der Waals surface area contributed by atoms with Crippen molar-refractivity contribution < 1.29 is 4.79 Å². The molecule has 0 spiro atoms. The van der Waals surface area contributed by atoms with Crippen LogP contribution < -0.4 is 15.5 Å². The lowest BCUT2D eigenvalue weighted by Gasteiger charge is -2.17. The van der Waals surface area contributed by atoms with Crippen molar-refractivity contribution >= 4 is 29.2 Å². The monoisotopic (exact) mass is 252 g/mol. The third-order valence-electron chi connectivity index (χ3n) is 2.50. The molecule has 0 saturated carbocycles. The molecular weight excluding hydrogens is 236 g/mol. The first kappa shape index (κ1) is 12.2. The Hall–Kier alpha value is -1.27. The van der Waals surface area contributed by atoms with Gasteiger partial charge in [0.25, 0.3) is 0 Å². The first-order valence-corrected chi connectivity index (χ1v) is 6.58. The standard InChI is InChI=1S/C11H16N4OS/c1-15(2)10-8(4-3-5-12-10)14-11(16)9-6-17-7-13-9/h3-5,9,13H,6-7H2,1-2H3,(H,14,16). The van der Waals surface area contributed by atoms with Crippen molar-refractivity contribution in [2.45, 2.75) is 6.04 Å². The molecule has 0 aromatic carbocycles. The number of amides is 1. The van der Waals surface area contributed by atoms with Gasteiger partial charge in [0.1, 0.15) is 0 Å². The normalized spacial score (nSPS) is 19.1. The van der Waals surface area contributed by atoms with Gasteiger partial charge < -0.3 is 10.2 Å². The molecule has 0 bridgehead atoms. The lowest BCUT2D eigenvalue weighted by molar-refractivity contribution is -0.117. The summed E-state index contributed by atoms with van der Waals surface area (Å²) >= 11 is 1.73. The van der Waals surface area contributed by atoms with E-state index < -0.39 is 0 Å². The van der Waals surface area contributed by atoms with E-state index in [9.17, 15) is 4.79 Å². The number of hydrogen-bond acceptors (Lipinski definition) is 5. The SMILES string of the molecule is CN(C)c1ncccc1NC(=O)C1CSCN1. The average molecular weight is 252 g/mol. The highest BCUT2D eigenvalue weighted by Gasteiger charge is 2.23. The first-order valence-electron chi connectivity index (χ1n) is 5.43. The molecule has 1 fully saturated rings. The topological polar surface area (TPSA) is 57.3 Å². The van der Waals surface area contributed by atoms with Crippen LogP contribution in [0.2, 0.25) is 0 Å². The fourth-order valence-electron chi connectivity index (χ4n) is 1.63. The van der Waals surface area contributed by atoms with Gasteiger partial charge in [-0.25, -0.2) is 4.98 Å². The van der Waals surface area contributed by atoms with E-state index in [1.54, 1.807) is 18.0 Å². The Kier molecular flexibility index (Phi) is 3.86.